The number of nitrogens with zero attached hydrogens (tertiary/aromatic N) is 1. The molecule has 2 heteroatoms. The summed E-state index contributed by atoms with van der Waals surface area (Å²) in [6.45, 7) is 7.90. The van der Waals surface area contributed by atoms with Crippen molar-refractivity contribution in [3.63, 3.8) is 0 Å². The summed E-state index contributed by atoms with van der Waals surface area (Å²) in [6, 6.07) is 11.2. The molecule has 100 valence electrons. The molecule has 3 atom stereocenters. The predicted molar refractivity (Wildman–Crippen MR) is 77.6 cm³/mol. The van der Waals surface area contributed by atoms with Gasteiger partial charge in [-0.25, -0.2) is 0 Å². The van der Waals surface area contributed by atoms with Gasteiger partial charge in [-0.2, -0.15) is 0 Å². The minimum atomic E-state index is 0.454. The van der Waals surface area contributed by atoms with Gasteiger partial charge in [0, 0.05) is 19.1 Å². The lowest BCUT2D eigenvalue weighted by Gasteiger charge is -2.25. The third-order valence-electron chi connectivity index (χ3n) is 3.97. The molecule has 1 aromatic rings. The van der Waals surface area contributed by atoms with Crippen LogP contribution in [0.2, 0.25) is 0 Å². The molecule has 0 aromatic heterocycles. The van der Waals surface area contributed by atoms with Crippen LogP contribution in [-0.4, -0.2) is 31.6 Å². The van der Waals surface area contributed by atoms with E-state index >= 15 is 0 Å². The van der Waals surface area contributed by atoms with Crippen LogP contribution < -0.4 is 5.32 Å². The first-order valence-corrected chi connectivity index (χ1v) is 7.17. The molecule has 0 aliphatic heterocycles. The van der Waals surface area contributed by atoms with Gasteiger partial charge in [-0.05, 0) is 37.4 Å². The average molecular weight is 246 g/mol. The highest BCUT2D eigenvalue weighted by Crippen LogP contribution is 2.38. The number of nitrogens with one attached hydrogen (secondary N) is 1. The third-order valence-corrected chi connectivity index (χ3v) is 3.97. The van der Waals surface area contributed by atoms with Gasteiger partial charge in [0.25, 0.3) is 0 Å². The Hall–Kier alpha value is -0.860. The topological polar surface area (TPSA) is 15.3 Å². The van der Waals surface area contributed by atoms with Crippen LogP contribution in [0.1, 0.15) is 31.9 Å². The van der Waals surface area contributed by atoms with Crippen molar-refractivity contribution in [3.8, 4) is 0 Å². The molecule has 2 nitrogen and oxygen atoms in total. The molecule has 0 spiro atoms. The van der Waals surface area contributed by atoms with Crippen molar-refractivity contribution in [2.24, 2.45) is 11.8 Å². The fourth-order valence-electron chi connectivity index (χ4n) is 2.66. The molecule has 1 fully saturated rings. The van der Waals surface area contributed by atoms with E-state index in [4.69, 9.17) is 0 Å². The van der Waals surface area contributed by atoms with Crippen molar-refractivity contribution in [1.82, 2.24) is 10.2 Å². The first-order valence-electron chi connectivity index (χ1n) is 7.17. The first kappa shape index (κ1) is 13.6. The summed E-state index contributed by atoms with van der Waals surface area (Å²) >= 11 is 0. The van der Waals surface area contributed by atoms with Crippen molar-refractivity contribution in [1.29, 1.82) is 0 Å². The van der Waals surface area contributed by atoms with Gasteiger partial charge in [-0.1, -0.05) is 44.2 Å². The van der Waals surface area contributed by atoms with Crippen LogP contribution in [-0.2, 0) is 0 Å². The fraction of sp³-hybridized carbons (Fsp3) is 0.625. The van der Waals surface area contributed by atoms with Gasteiger partial charge in [-0.15, -0.1) is 0 Å². The normalized spacial score (nSPS) is 24.2. The van der Waals surface area contributed by atoms with Crippen LogP contribution >= 0.6 is 0 Å². The first-order chi connectivity index (χ1) is 8.70. The Balaban J connectivity index is 1.89. The second kappa shape index (κ2) is 6.35. The molecule has 1 N–H and O–H groups in total. The summed E-state index contributed by atoms with van der Waals surface area (Å²) in [7, 11) is 2.25. The lowest BCUT2D eigenvalue weighted by Crippen LogP contribution is -2.34. The third kappa shape index (κ3) is 3.82. The zero-order valence-corrected chi connectivity index (χ0v) is 11.9. The molecule has 0 amide bonds. The van der Waals surface area contributed by atoms with Crippen molar-refractivity contribution >= 4 is 0 Å². The zero-order chi connectivity index (χ0) is 13.0. The van der Waals surface area contributed by atoms with E-state index in [1.54, 1.807) is 0 Å². The number of benzene rings is 1. The lowest BCUT2D eigenvalue weighted by atomic mass is 10.1. The molecule has 2 rings (SSSR count). The molecule has 1 saturated carbocycles. The van der Waals surface area contributed by atoms with Gasteiger partial charge in [-0.3, -0.25) is 0 Å². The van der Waals surface area contributed by atoms with Crippen LogP contribution in [0, 0.1) is 11.8 Å². The molecule has 0 saturated heterocycles. The van der Waals surface area contributed by atoms with Crippen molar-refractivity contribution < 1.29 is 0 Å². The van der Waals surface area contributed by atoms with E-state index in [9.17, 15) is 0 Å². The second-order valence-electron chi connectivity index (χ2n) is 5.72. The van der Waals surface area contributed by atoms with E-state index < -0.39 is 0 Å². The van der Waals surface area contributed by atoms with Crippen LogP contribution in [0.3, 0.4) is 0 Å². The lowest BCUT2D eigenvalue weighted by molar-refractivity contribution is 0.278. The van der Waals surface area contributed by atoms with E-state index in [2.05, 4.69) is 61.4 Å². The SMILES string of the molecule is CCNC(CN(C)CC1CC1C)c1ccccc1. The highest BCUT2D eigenvalue weighted by Gasteiger charge is 2.33. The monoisotopic (exact) mass is 246 g/mol. The predicted octanol–water partition coefficient (Wildman–Crippen LogP) is 2.93. The molecule has 0 heterocycles. The maximum Gasteiger partial charge on any atom is 0.0449 e. The highest BCUT2D eigenvalue weighted by atomic mass is 15.1. The highest BCUT2D eigenvalue weighted by molar-refractivity contribution is 5.19. The van der Waals surface area contributed by atoms with E-state index in [1.165, 1.54) is 18.5 Å². The molecule has 1 aliphatic rings. The summed E-state index contributed by atoms with van der Waals surface area (Å²) in [4.78, 5) is 2.48. The Morgan fingerprint density at radius 3 is 2.56 bits per heavy atom. The number of rotatable bonds is 7. The summed E-state index contributed by atoms with van der Waals surface area (Å²) in [5.41, 5.74) is 1.40. The Labute approximate surface area is 111 Å². The van der Waals surface area contributed by atoms with Crippen LogP contribution in [0.4, 0.5) is 0 Å². The summed E-state index contributed by atoms with van der Waals surface area (Å²) in [5, 5.41) is 3.59. The second-order valence-corrected chi connectivity index (χ2v) is 5.72. The maximum atomic E-state index is 3.59. The van der Waals surface area contributed by atoms with Crippen molar-refractivity contribution in [2.45, 2.75) is 26.3 Å². The average Bonchev–Trinajstić information content (AvgIpc) is 3.05. The largest absolute Gasteiger partial charge is 0.309 e. The molecule has 1 aliphatic carbocycles. The minimum absolute atomic E-state index is 0.454. The van der Waals surface area contributed by atoms with E-state index in [0.717, 1.165) is 24.9 Å². The van der Waals surface area contributed by atoms with Gasteiger partial charge in [0.05, 0.1) is 0 Å². The van der Waals surface area contributed by atoms with Crippen LogP contribution in [0.15, 0.2) is 30.3 Å². The minimum Gasteiger partial charge on any atom is -0.309 e. The molecular formula is C16H26N2. The molecule has 18 heavy (non-hydrogen) atoms. The molecule has 3 unspecified atom stereocenters. The number of hydrogen-bond donors (Lipinski definition) is 1. The molecule has 0 bridgehead atoms. The van der Waals surface area contributed by atoms with Crippen LogP contribution in [0.5, 0.6) is 0 Å². The molecular weight excluding hydrogens is 220 g/mol. The zero-order valence-electron chi connectivity index (χ0n) is 11.9. The fourth-order valence-corrected chi connectivity index (χ4v) is 2.66. The standard InChI is InChI=1S/C16H26N2/c1-4-17-16(14-8-6-5-7-9-14)12-18(3)11-15-10-13(15)2/h5-9,13,15-17H,4,10-12H2,1-3H3. The van der Waals surface area contributed by atoms with E-state index in [-0.39, 0.29) is 0 Å². The quantitative estimate of drug-likeness (QED) is 0.796. The molecule has 1 aromatic carbocycles. The van der Waals surface area contributed by atoms with Gasteiger partial charge in [0.1, 0.15) is 0 Å². The molecule has 0 radical (unpaired) electrons. The summed E-state index contributed by atoms with van der Waals surface area (Å²) < 4.78 is 0. The van der Waals surface area contributed by atoms with Gasteiger partial charge >= 0.3 is 0 Å². The van der Waals surface area contributed by atoms with Gasteiger partial charge < -0.3 is 10.2 Å². The Kier molecular flexibility index (Phi) is 4.79. The summed E-state index contributed by atoms with van der Waals surface area (Å²) in [5.74, 6) is 1.88. The van der Waals surface area contributed by atoms with Crippen molar-refractivity contribution in [2.75, 3.05) is 26.7 Å². The summed E-state index contributed by atoms with van der Waals surface area (Å²) in [6.07, 6.45) is 1.42. The van der Waals surface area contributed by atoms with E-state index in [1.807, 2.05) is 0 Å². The Morgan fingerprint density at radius 2 is 2.00 bits per heavy atom. The maximum absolute atomic E-state index is 3.59. The van der Waals surface area contributed by atoms with Crippen molar-refractivity contribution in [3.05, 3.63) is 35.9 Å². The van der Waals surface area contributed by atoms with E-state index in [0.29, 0.717) is 6.04 Å². The van der Waals surface area contributed by atoms with Gasteiger partial charge in [0.15, 0.2) is 0 Å². The smallest absolute Gasteiger partial charge is 0.0449 e. The Morgan fingerprint density at radius 1 is 1.33 bits per heavy atom. The Bertz CT molecular complexity index is 349. The number of likely N-dealkylation sites (N-methyl/N-ethyl adjacent to an activating group) is 2. The number of hydrogen-bond acceptors (Lipinski definition) is 2. The van der Waals surface area contributed by atoms with Gasteiger partial charge in [0.2, 0.25) is 0 Å². The van der Waals surface area contributed by atoms with Crippen LogP contribution in [0.25, 0.3) is 0 Å².